The highest BCUT2D eigenvalue weighted by molar-refractivity contribution is 7.09. The molecule has 0 saturated carbocycles. The predicted octanol–water partition coefficient (Wildman–Crippen LogP) is 4.05. The van der Waals surface area contributed by atoms with Gasteiger partial charge < -0.3 is 5.32 Å². The minimum atomic E-state index is 0.370. The van der Waals surface area contributed by atoms with Crippen molar-refractivity contribution < 1.29 is 0 Å². The fraction of sp³-hybridized carbons (Fsp3) is 0.800. The Balaban J connectivity index is 2.61. The molecule has 1 aromatic rings. The Morgan fingerprint density at radius 2 is 2.00 bits per heavy atom. The van der Waals surface area contributed by atoms with Gasteiger partial charge >= 0.3 is 0 Å². The van der Waals surface area contributed by atoms with E-state index >= 15 is 0 Å². The van der Waals surface area contributed by atoms with E-state index in [0.717, 1.165) is 25.4 Å². The first-order valence-electron chi connectivity index (χ1n) is 7.13. The topological polar surface area (TPSA) is 24.9 Å². The first-order valence-corrected chi connectivity index (χ1v) is 8.01. The molecule has 2 nitrogen and oxygen atoms in total. The average Bonchev–Trinajstić information content (AvgIpc) is 2.73. The fourth-order valence-corrected chi connectivity index (χ4v) is 2.92. The zero-order valence-electron chi connectivity index (χ0n) is 12.5. The lowest BCUT2D eigenvalue weighted by atomic mass is 9.78. The zero-order valence-corrected chi connectivity index (χ0v) is 13.4. The summed E-state index contributed by atoms with van der Waals surface area (Å²) >= 11 is 1.76. The third kappa shape index (κ3) is 4.69. The van der Waals surface area contributed by atoms with E-state index in [1.165, 1.54) is 23.5 Å². The Morgan fingerprint density at radius 3 is 2.44 bits per heavy atom. The van der Waals surface area contributed by atoms with Crippen LogP contribution < -0.4 is 5.32 Å². The van der Waals surface area contributed by atoms with Crippen LogP contribution in [0.3, 0.4) is 0 Å². The van der Waals surface area contributed by atoms with Gasteiger partial charge in [0.25, 0.3) is 0 Å². The highest BCUT2D eigenvalue weighted by atomic mass is 32.1. The predicted molar refractivity (Wildman–Crippen MR) is 81.3 cm³/mol. The summed E-state index contributed by atoms with van der Waals surface area (Å²) in [6.07, 6.45) is 3.53. The monoisotopic (exact) mass is 268 g/mol. The van der Waals surface area contributed by atoms with Crippen LogP contribution in [0.25, 0.3) is 0 Å². The fourth-order valence-electron chi connectivity index (χ4n) is 2.31. The van der Waals surface area contributed by atoms with E-state index in [2.05, 4.69) is 50.3 Å². The number of nitrogens with one attached hydrogen (secondary N) is 1. The Bertz CT molecular complexity index is 340. The molecule has 0 fully saturated rings. The van der Waals surface area contributed by atoms with Crippen molar-refractivity contribution in [2.24, 2.45) is 11.3 Å². The molecule has 1 rings (SSSR count). The summed E-state index contributed by atoms with van der Waals surface area (Å²) in [7, 11) is 0. The second kappa shape index (κ2) is 7.25. The van der Waals surface area contributed by atoms with Crippen molar-refractivity contribution in [3.63, 3.8) is 0 Å². The van der Waals surface area contributed by atoms with Gasteiger partial charge in [-0.25, -0.2) is 4.98 Å². The number of thiazole rings is 1. The van der Waals surface area contributed by atoms with Gasteiger partial charge in [0.15, 0.2) is 0 Å². The molecule has 0 aromatic carbocycles. The van der Waals surface area contributed by atoms with Crippen LogP contribution in [0.5, 0.6) is 0 Å². The Kier molecular flexibility index (Phi) is 6.30. The van der Waals surface area contributed by atoms with Crippen LogP contribution in [0.4, 0.5) is 0 Å². The number of rotatable bonds is 8. The van der Waals surface area contributed by atoms with Crippen LogP contribution in [-0.4, -0.2) is 18.1 Å². The third-order valence-electron chi connectivity index (χ3n) is 3.78. The largest absolute Gasteiger partial charge is 0.316 e. The maximum Gasteiger partial charge on any atom is 0.0897 e. The maximum atomic E-state index is 4.63. The van der Waals surface area contributed by atoms with Crippen LogP contribution in [0.15, 0.2) is 5.38 Å². The molecule has 0 amide bonds. The molecular formula is C15H28N2S. The van der Waals surface area contributed by atoms with E-state index < -0.39 is 0 Å². The number of nitrogens with zero attached hydrogens (tertiary/aromatic N) is 1. The van der Waals surface area contributed by atoms with Gasteiger partial charge in [-0.05, 0) is 44.1 Å². The zero-order chi connectivity index (χ0) is 13.6. The van der Waals surface area contributed by atoms with Crippen molar-refractivity contribution in [2.75, 3.05) is 13.1 Å². The molecule has 18 heavy (non-hydrogen) atoms. The second-order valence-corrected chi connectivity index (χ2v) is 6.83. The van der Waals surface area contributed by atoms with Crippen LogP contribution >= 0.6 is 11.3 Å². The quantitative estimate of drug-likeness (QED) is 0.769. The summed E-state index contributed by atoms with van der Waals surface area (Å²) in [5.74, 6) is 0.720. The summed E-state index contributed by atoms with van der Waals surface area (Å²) < 4.78 is 0. The van der Waals surface area contributed by atoms with Crippen LogP contribution in [0.2, 0.25) is 0 Å². The molecule has 1 heterocycles. The molecule has 0 saturated heterocycles. The van der Waals surface area contributed by atoms with E-state index in [1.807, 2.05) is 0 Å². The van der Waals surface area contributed by atoms with E-state index in [1.54, 1.807) is 11.3 Å². The third-order valence-corrected chi connectivity index (χ3v) is 4.60. The molecule has 0 unspecified atom stereocenters. The van der Waals surface area contributed by atoms with Gasteiger partial charge in [0.1, 0.15) is 0 Å². The summed E-state index contributed by atoms with van der Waals surface area (Å²) in [6, 6.07) is 0. The Morgan fingerprint density at radius 1 is 1.33 bits per heavy atom. The molecule has 0 aliphatic carbocycles. The molecule has 104 valence electrons. The summed E-state index contributed by atoms with van der Waals surface area (Å²) in [5, 5.41) is 7.03. The van der Waals surface area contributed by atoms with Gasteiger partial charge in [-0.1, -0.05) is 27.7 Å². The van der Waals surface area contributed by atoms with E-state index in [-0.39, 0.29) is 0 Å². The van der Waals surface area contributed by atoms with E-state index in [9.17, 15) is 0 Å². The molecule has 1 aromatic heterocycles. The van der Waals surface area contributed by atoms with Gasteiger partial charge in [-0.15, -0.1) is 11.3 Å². The van der Waals surface area contributed by atoms with Crippen LogP contribution in [-0.2, 0) is 6.42 Å². The van der Waals surface area contributed by atoms with Crippen molar-refractivity contribution in [2.45, 2.75) is 53.9 Å². The summed E-state index contributed by atoms with van der Waals surface area (Å²) in [4.78, 5) is 4.63. The van der Waals surface area contributed by atoms with Crippen LogP contribution in [0.1, 0.15) is 51.2 Å². The van der Waals surface area contributed by atoms with Crippen molar-refractivity contribution in [3.8, 4) is 0 Å². The molecule has 1 N–H and O–H groups in total. The molecule has 0 bridgehead atoms. The smallest absolute Gasteiger partial charge is 0.0897 e. The molecule has 0 radical (unpaired) electrons. The number of aromatic nitrogens is 1. The first kappa shape index (κ1) is 15.6. The normalized spacial score (nSPS) is 12.3. The molecule has 0 aliphatic heterocycles. The van der Waals surface area contributed by atoms with E-state index in [4.69, 9.17) is 0 Å². The van der Waals surface area contributed by atoms with Crippen molar-refractivity contribution >= 4 is 11.3 Å². The van der Waals surface area contributed by atoms with Crippen molar-refractivity contribution in [1.82, 2.24) is 10.3 Å². The highest BCUT2D eigenvalue weighted by Gasteiger charge is 2.27. The second-order valence-electron chi connectivity index (χ2n) is 5.77. The number of hydrogen-bond donors (Lipinski definition) is 1. The van der Waals surface area contributed by atoms with Crippen molar-refractivity contribution in [1.29, 1.82) is 0 Å². The first-order chi connectivity index (χ1) is 8.51. The van der Waals surface area contributed by atoms with Gasteiger partial charge in [-0.2, -0.15) is 0 Å². The summed E-state index contributed by atoms with van der Waals surface area (Å²) in [6.45, 7) is 13.4. The lowest BCUT2D eigenvalue weighted by Gasteiger charge is -2.32. The van der Waals surface area contributed by atoms with Crippen molar-refractivity contribution in [3.05, 3.63) is 16.1 Å². The minimum absolute atomic E-state index is 0.370. The lowest BCUT2D eigenvalue weighted by molar-refractivity contribution is 0.241. The molecule has 0 atom stereocenters. The lowest BCUT2D eigenvalue weighted by Crippen LogP contribution is -2.37. The Labute approximate surface area is 116 Å². The molecular weight excluding hydrogens is 240 g/mol. The standard InChI is InChI=1S/C15H28N2S/c1-6-15(7-2,11-16-9-12(3)4)8-14-10-18-13(5)17-14/h10,12,16H,6-9,11H2,1-5H3. The average molecular weight is 268 g/mol. The Hall–Kier alpha value is -0.410. The summed E-state index contributed by atoms with van der Waals surface area (Å²) in [5.41, 5.74) is 1.64. The SMILES string of the molecule is CCC(CC)(CNCC(C)C)Cc1csc(C)n1. The number of hydrogen-bond acceptors (Lipinski definition) is 3. The van der Waals surface area contributed by atoms with Gasteiger partial charge in [0.2, 0.25) is 0 Å². The highest BCUT2D eigenvalue weighted by Crippen LogP contribution is 2.30. The molecule has 0 spiro atoms. The van der Waals surface area contributed by atoms with Crippen LogP contribution in [0, 0.1) is 18.3 Å². The van der Waals surface area contributed by atoms with Gasteiger partial charge in [-0.3, -0.25) is 0 Å². The molecule has 3 heteroatoms. The molecule has 0 aliphatic rings. The minimum Gasteiger partial charge on any atom is -0.316 e. The maximum absolute atomic E-state index is 4.63. The number of aryl methyl sites for hydroxylation is 1. The van der Waals surface area contributed by atoms with Gasteiger partial charge in [0, 0.05) is 11.9 Å². The van der Waals surface area contributed by atoms with Gasteiger partial charge in [0.05, 0.1) is 10.7 Å². The van der Waals surface area contributed by atoms with E-state index in [0.29, 0.717) is 5.41 Å².